The van der Waals surface area contributed by atoms with Gasteiger partial charge in [-0.25, -0.2) is 9.59 Å². The third-order valence-electron chi connectivity index (χ3n) is 5.37. The van der Waals surface area contributed by atoms with Crippen LogP contribution < -0.4 is 10.1 Å². The van der Waals surface area contributed by atoms with Crippen LogP contribution in [0.4, 0.5) is 0 Å². The summed E-state index contributed by atoms with van der Waals surface area (Å²) in [7, 11) is 1.24. The quantitative estimate of drug-likeness (QED) is 0.415. The SMILES string of the molecule is CC.COC(=O)c1cc(C(=O)NCC(C)C)ccc1-c1cc2c(cc1C(=O)O)-c1sccc1CO2. The third-order valence-corrected chi connectivity index (χ3v) is 6.36. The number of esters is 1. The van der Waals surface area contributed by atoms with Crippen molar-refractivity contribution in [2.45, 2.75) is 34.3 Å². The molecule has 0 aliphatic carbocycles. The van der Waals surface area contributed by atoms with E-state index in [9.17, 15) is 19.5 Å². The van der Waals surface area contributed by atoms with Crippen molar-refractivity contribution < 1.29 is 29.0 Å². The predicted molar refractivity (Wildman–Crippen MR) is 136 cm³/mol. The molecule has 7 nitrogen and oxygen atoms in total. The lowest BCUT2D eigenvalue weighted by Crippen LogP contribution is -2.27. The maximum absolute atomic E-state index is 12.6. The average molecular weight is 496 g/mol. The van der Waals surface area contributed by atoms with E-state index >= 15 is 0 Å². The molecule has 35 heavy (non-hydrogen) atoms. The van der Waals surface area contributed by atoms with E-state index < -0.39 is 11.9 Å². The summed E-state index contributed by atoms with van der Waals surface area (Å²) in [6.45, 7) is 8.84. The zero-order chi connectivity index (χ0) is 25.7. The lowest BCUT2D eigenvalue weighted by Gasteiger charge is -2.21. The number of hydrogen-bond acceptors (Lipinski definition) is 6. The number of carbonyl (C=O) groups excluding carboxylic acids is 2. The molecule has 8 heteroatoms. The summed E-state index contributed by atoms with van der Waals surface area (Å²) in [5.74, 6) is -1.31. The number of benzene rings is 2. The number of carboxylic acids is 1. The van der Waals surface area contributed by atoms with E-state index in [0.29, 0.717) is 35.6 Å². The minimum absolute atomic E-state index is 0.0285. The number of rotatable bonds is 6. The van der Waals surface area contributed by atoms with Gasteiger partial charge in [0.05, 0.1) is 18.2 Å². The number of carbonyl (C=O) groups is 3. The number of hydrogen-bond donors (Lipinski definition) is 2. The van der Waals surface area contributed by atoms with E-state index in [1.807, 2.05) is 39.1 Å². The van der Waals surface area contributed by atoms with E-state index in [0.717, 1.165) is 10.4 Å². The Morgan fingerprint density at radius 3 is 2.46 bits per heavy atom. The van der Waals surface area contributed by atoms with Crippen molar-refractivity contribution in [3.05, 3.63) is 64.0 Å². The topological polar surface area (TPSA) is 102 Å². The van der Waals surface area contributed by atoms with Gasteiger partial charge in [0, 0.05) is 33.7 Å². The Kier molecular flexibility index (Phi) is 8.30. The first-order chi connectivity index (χ1) is 16.8. The minimum atomic E-state index is -1.13. The van der Waals surface area contributed by atoms with E-state index in [-0.39, 0.29) is 28.5 Å². The molecule has 0 radical (unpaired) electrons. The van der Waals surface area contributed by atoms with Crippen LogP contribution >= 0.6 is 11.3 Å². The van der Waals surface area contributed by atoms with Gasteiger partial charge in [-0.1, -0.05) is 33.8 Å². The highest BCUT2D eigenvalue weighted by Gasteiger charge is 2.26. The predicted octanol–water partition coefficient (Wildman–Crippen LogP) is 5.87. The smallest absolute Gasteiger partial charge is 0.338 e. The Labute approximate surface area is 208 Å². The molecule has 2 aromatic carbocycles. The van der Waals surface area contributed by atoms with Gasteiger partial charge < -0.3 is 19.9 Å². The second kappa shape index (κ2) is 11.2. The monoisotopic (exact) mass is 495 g/mol. The molecule has 0 unspecified atom stereocenters. The fourth-order valence-corrected chi connectivity index (χ4v) is 4.65. The molecule has 4 rings (SSSR count). The number of ether oxygens (including phenoxy) is 2. The van der Waals surface area contributed by atoms with Crippen molar-refractivity contribution in [2.24, 2.45) is 5.92 Å². The lowest BCUT2D eigenvalue weighted by atomic mass is 9.91. The van der Waals surface area contributed by atoms with Crippen LogP contribution in [0.15, 0.2) is 41.8 Å². The second-order valence-corrected chi connectivity index (χ2v) is 9.03. The van der Waals surface area contributed by atoms with Crippen molar-refractivity contribution in [3.63, 3.8) is 0 Å². The van der Waals surface area contributed by atoms with Gasteiger partial charge in [-0.2, -0.15) is 0 Å². The van der Waals surface area contributed by atoms with Gasteiger partial charge in [0.15, 0.2) is 0 Å². The molecule has 0 fully saturated rings. The molecular formula is C27H29NO6S. The first-order valence-corrected chi connectivity index (χ1v) is 12.3. The van der Waals surface area contributed by atoms with Gasteiger partial charge in [0.25, 0.3) is 5.91 Å². The normalized spacial score (nSPS) is 11.4. The number of amides is 1. The highest BCUT2D eigenvalue weighted by molar-refractivity contribution is 7.13. The Morgan fingerprint density at radius 2 is 1.80 bits per heavy atom. The Hall–Kier alpha value is -3.65. The van der Waals surface area contributed by atoms with Gasteiger partial charge in [0.1, 0.15) is 12.4 Å². The number of methoxy groups -OCH3 is 1. The molecule has 0 bridgehead atoms. The van der Waals surface area contributed by atoms with Crippen LogP contribution in [0.3, 0.4) is 0 Å². The van der Waals surface area contributed by atoms with Gasteiger partial charge in [-0.15, -0.1) is 11.3 Å². The zero-order valence-electron chi connectivity index (χ0n) is 20.4. The zero-order valence-corrected chi connectivity index (χ0v) is 21.2. The Balaban J connectivity index is 0.00000167. The van der Waals surface area contributed by atoms with Gasteiger partial charge in [-0.05, 0) is 47.2 Å². The molecule has 0 atom stereocenters. The van der Waals surface area contributed by atoms with Crippen LogP contribution in [0.1, 0.15) is 64.3 Å². The van der Waals surface area contributed by atoms with Crippen LogP contribution in [-0.2, 0) is 11.3 Å². The highest BCUT2D eigenvalue weighted by Crippen LogP contribution is 2.44. The summed E-state index contributed by atoms with van der Waals surface area (Å²) >= 11 is 1.52. The van der Waals surface area contributed by atoms with Crippen molar-refractivity contribution >= 4 is 29.2 Å². The number of carboxylic acid groups (broad SMARTS) is 1. The van der Waals surface area contributed by atoms with Gasteiger partial charge in [0.2, 0.25) is 0 Å². The molecular weight excluding hydrogens is 466 g/mol. The average Bonchev–Trinajstić information content (AvgIpc) is 3.36. The van der Waals surface area contributed by atoms with E-state index in [1.165, 1.54) is 24.5 Å². The van der Waals surface area contributed by atoms with Crippen molar-refractivity contribution in [1.29, 1.82) is 0 Å². The van der Waals surface area contributed by atoms with Crippen molar-refractivity contribution in [3.8, 4) is 27.3 Å². The number of aromatic carboxylic acids is 1. The summed E-state index contributed by atoms with van der Waals surface area (Å²) in [4.78, 5) is 38.3. The second-order valence-electron chi connectivity index (χ2n) is 8.12. The standard InChI is InChI=1S/C25H23NO6S.C2H6/c1-13(2)11-26-23(27)14-4-5-16(19(8-14)25(30)31-3)17-10-21-20(9-18(17)24(28)29)22-15(12-32-21)6-7-33-22;1-2/h4-10,13H,11-12H2,1-3H3,(H,26,27)(H,28,29);1-2H3. The third kappa shape index (κ3) is 5.38. The van der Waals surface area contributed by atoms with Crippen LogP contribution in [0, 0.1) is 5.92 Å². The summed E-state index contributed by atoms with van der Waals surface area (Å²) in [5, 5.41) is 14.7. The summed E-state index contributed by atoms with van der Waals surface area (Å²) in [5.41, 5.74) is 2.79. The highest BCUT2D eigenvalue weighted by atomic mass is 32.1. The van der Waals surface area contributed by atoms with E-state index in [2.05, 4.69) is 5.32 Å². The largest absolute Gasteiger partial charge is 0.488 e. The molecule has 3 aromatic rings. The van der Waals surface area contributed by atoms with E-state index in [4.69, 9.17) is 9.47 Å². The van der Waals surface area contributed by atoms with Crippen LogP contribution in [-0.4, -0.2) is 36.6 Å². The molecule has 1 amide bonds. The molecule has 2 N–H and O–H groups in total. The Morgan fingerprint density at radius 1 is 1.06 bits per heavy atom. The number of nitrogens with one attached hydrogen (secondary N) is 1. The molecule has 184 valence electrons. The lowest BCUT2D eigenvalue weighted by molar-refractivity contribution is 0.0600. The van der Waals surface area contributed by atoms with Crippen LogP contribution in [0.2, 0.25) is 0 Å². The Bertz CT molecular complexity index is 1260. The fourth-order valence-electron chi connectivity index (χ4n) is 3.72. The molecule has 1 aromatic heterocycles. The first-order valence-electron chi connectivity index (χ1n) is 11.4. The van der Waals surface area contributed by atoms with Gasteiger partial charge >= 0.3 is 11.9 Å². The van der Waals surface area contributed by atoms with Crippen molar-refractivity contribution in [2.75, 3.05) is 13.7 Å². The summed E-state index contributed by atoms with van der Waals surface area (Å²) < 4.78 is 10.8. The maximum Gasteiger partial charge on any atom is 0.338 e. The number of fused-ring (bicyclic) bond motifs is 3. The molecule has 1 aliphatic rings. The summed E-state index contributed by atoms with van der Waals surface area (Å²) in [6, 6.07) is 9.74. The molecule has 0 saturated carbocycles. The molecule has 0 spiro atoms. The molecule has 1 aliphatic heterocycles. The first kappa shape index (κ1) is 26.0. The van der Waals surface area contributed by atoms with Crippen molar-refractivity contribution in [1.82, 2.24) is 5.32 Å². The summed E-state index contributed by atoms with van der Waals surface area (Å²) in [6.07, 6.45) is 0. The number of thiophene rings is 1. The van der Waals surface area contributed by atoms with E-state index in [1.54, 1.807) is 24.3 Å². The van der Waals surface area contributed by atoms with Crippen LogP contribution in [0.25, 0.3) is 21.6 Å². The maximum atomic E-state index is 12.6. The molecule has 2 heterocycles. The fraction of sp³-hybridized carbons (Fsp3) is 0.296. The minimum Gasteiger partial charge on any atom is -0.488 e. The van der Waals surface area contributed by atoms with Crippen LogP contribution in [0.5, 0.6) is 5.75 Å². The molecule has 0 saturated heterocycles. The van der Waals surface area contributed by atoms with Gasteiger partial charge in [-0.3, -0.25) is 4.79 Å².